The Bertz CT molecular complexity index is 1020. The third-order valence-corrected chi connectivity index (χ3v) is 8.68. The first-order chi connectivity index (χ1) is 14.7. The number of ether oxygens (including phenoxy) is 1. The molecule has 1 aromatic carbocycles. The Kier molecular flexibility index (Phi) is 7.92. The molecule has 0 aliphatic carbocycles. The van der Waals surface area contributed by atoms with E-state index in [1.807, 2.05) is 6.92 Å². The maximum absolute atomic E-state index is 12.7. The van der Waals surface area contributed by atoms with Crippen molar-refractivity contribution in [2.45, 2.75) is 47.3 Å². The highest BCUT2D eigenvalue weighted by atomic mass is 32.2. The number of amides is 1. The van der Waals surface area contributed by atoms with Gasteiger partial charge in [-0.3, -0.25) is 4.79 Å². The van der Waals surface area contributed by atoms with Crippen LogP contribution in [0.3, 0.4) is 0 Å². The van der Waals surface area contributed by atoms with E-state index in [4.69, 9.17) is 4.74 Å². The lowest BCUT2D eigenvalue weighted by atomic mass is 10.2. The van der Waals surface area contributed by atoms with Gasteiger partial charge in [0.1, 0.15) is 0 Å². The molecule has 170 valence electrons. The van der Waals surface area contributed by atoms with Gasteiger partial charge in [0, 0.05) is 32.9 Å². The molecule has 2 N–H and O–H groups in total. The molecule has 1 amide bonds. The minimum Gasteiger partial charge on any atom is -0.376 e. The molecule has 0 bridgehead atoms. The van der Waals surface area contributed by atoms with Gasteiger partial charge < -0.3 is 15.4 Å². The fourth-order valence-electron chi connectivity index (χ4n) is 2.88. The second-order valence-corrected chi connectivity index (χ2v) is 12.1. The van der Waals surface area contributed by atoms with Crippen LogP contribution in [0, 0.1) is 6.92 Å². The summed E-state index contributed by atoms with van der Waals surface area (Å²) in [4.78, 5) is 12.8. The van der Waals surface area contributed by atoms with E-state index in [0.29, 0.717) is 21.7 Å². The van der Waals surface area contributed by atoms with E-state index >= 15 is 0 Å². The number of rotatable bonds is 9. The minimum atomic E-state index is -3.59. The molecule has 0 spiro atoms. The predicted molar refractivity (Wildman–Crippen MR) is 123 cm³/mol. The Balaban J connectivity index is 1.59. The number of anilines is 2. The van der Waals surface area contributed by atoms with Gasteiger partial charge in [0.2, 0.25) is 21.1 Å². The maximum Gasteiger partial charge on any atom is 0.242 e. The number of benzene rings is 1. The number of carbonyl (C=O) groups is 1. The van der Waals surface area contributed by atoms with Crippen molar-refractivity contribution in [1.29, 1.82) is 0 Å². The van der Waals surface area contributed by atoms with Gasteiger partial charge in [-0.1, -0.05) is 29.2 Å². The van der Waals surface area contributed by atoms with Crippen LogP contribution in [-0.2, 0) is 19.6 Å². The Morgan fingerprint density at radius 1 is 1.39 bits per heavy atom. The van der Waals surface area contributed by atoms with E-state index in [1.165, 1.54) is 49.3 Å². The molecule has 2 unspecified atom stereocenters. The molecule has 1 aromatic heterocycles. The summed E-state index contributed by atoms with van der Waals surface area (Å²) in [5, 5.41) is 14.6. The summed E-state index contributed by atoms with van der Waals surface area (Å²) in [6.45, 7) is 5.09. The number of carbonyl (C=O) groups excluding carboxylic acids is 1. The van der Waals surface area contributed by atoms with Crippen LogP contribution in [0.4, 0.5) is 10.8 Å². The third kappa shape index (κ3) is 6.16. The molecule has 1 fully saturated rings. The van der Waals surface area contributed by atoms with Gasteiger partial charge in [-0.2, -0.15) is 0 Å². The zero-order chi connectivity index (χ0) is 22.6. The summed E-state index contributed by atoms with van der Waals surface area (Å²) in [5.41, 5.74) is 1.25. The molecular formula is C19H27N5O4S3. The molecule has 12 heteroatoms. The second kappa shape index (κ2) is 10.3. The van der Waals surface area contributed by atoms with Gasteiger partial charge in [0.25, 0.3) is 0 Å². The molecule has 31 heavy (non-hydrogen) atoms. The number of nitrogens with one attached hydrogen (secondary N) is 2. The van der Waals surface area contributed by atoms with Crippen LogP contribution in [0.15, 0.2) is 27.4 Å². The first kappa shape index (κ1) is 23.9. The lowest BCUT2D eigenvalue weighted by Crippen LogP contribution is -2.24. The Morgan fingerprint density at radius 2 is 2.16 bits per heavy atom. The number of sulfonamides is 1. The van der Waals surface area contributed by atoms with Crippen molar-refractivity contribution in [3.8, 4) is 0 Å². The van der Waals surface area contributed by atoms with Crippen molar-refractivity contribution in [3.63, 3.8) is 0 Å². The zero-order valence-corrected chi connectivity index (χ0v) is 20.4. The fraction of sp³-hybridized carbons (Fsp3) is 0.526. The average Bonchev–Trinajstić information content (AvgIpc) is 3.39. The predicted octanol–water partition coefficient (Wildman–Crippen LogP) is 2.81. The maximum atomic E-state index is 12.7. The Morgan fingerprint density at radius 3 is 2.84 bits per heavy atom. The summed E-state index contributed by atoms with van der Waals surface area (Å²) >= 11 is 2.70. The van der Waals surface area contributed by atoms with Gasteiger partial charge >= 0.3 is 0 Å². The average molecular weight is 486 g/mol. The van der Waals surface area contributed by atoms with Crippen LogP contribution in [0.1, 0.15) is 25.3 Å². The Hall–Kier alpha value is -1.73. The highest BCUT2D eigenvalue weighted by Crippen LogP contribution is 2.30. The molecule has 3 rings (SSSR count). The fourth-order valence-corrected chi connectivity index (χ4v) is 5.71. The lowest BCUT2D eigenvalue weighted by Gasteiger charge is -2.15. The Labute approximate surface area is 191 Å². The summed E-state index contributed by atoms with van der Waals surface area (Å²) in [7, 11) is -0.645. The summed E-state index contributed by atoms with van der Waals surface area (Å²) in [5.74, 6) is -0.239. The van der Waals surface area contributed by atoms with E-state index in [9.17, 15) is 13.2 Å². The second-order valence-electron chi connectivity index (χ2n) is 7.40. The van der Waals surface area contributed by atoms with E-state index in [1.54, 1.807) is 13.0 Å². The molecule has 0 saturated carbocycles. The number of thioether (sulfide) groups is 1. The van der Waals surface area contributed by atoms with E-state index in [-0.39, 0.29) is 16.9 Å². The molecular weight excluding hydrogens is 458 g/mol. The lowest BCUT2D eigenvalue weighted by molar-refractivity contribution is -0.115. The van der Waals surface area contributed by atoms with Gasteiger partial charge in [-0.25, -0.2) is 12.7 Å². The molecule has 2 atom stereocenters. The quantitative estimate of drug-likeness (QED) is 0.521. The largest absolute Gasteiger partial charge is 0.376 e. The van der Waals surface area contributed by atoms with Gasteiger partial charge in [-0.05, 0) is 44.4 Å². The SMILES string of the molecule is Cc1ccc(S(=O)(=O)N(C)C)cc1NC(=O)C(C)Sc1nnc(NCC2CCCO2)s1. The molecule has 1 aliphatic heterocycles. The molecule has 1 saturated heterocycles. The van der Waals surface area contributed by atoms with E-state index in [0.717, 1.165) is 29.3 Å². The molecule has 2 heterocycles. The van der Waals surface area contributed by atoms with Crippen LogP contribution in [0.5, 0.6) is 0 Å². The standard InChI is InChI=1S/C19H27N5O4S3/c1-12-7-8-15(31(26,27)24(3)4)10-16(12)21-17(25)13(2)29-19-23-22-18(30-19)20-11-14-6-5-9-28-14/h7-8,10,13-14H,5-6,9,11H2,1-4H3,(H,20,22)(H,21,25). The van der Waals surface area contributed by atoms with Crippen LogP contribution in [0.25, 0.3) is 0 Å². The molecule has 2 aromatic rings. The number of hydrogen-bond donors (Lipinski definition) is 2. The first-order valence-electron chi connectivity index (χ1n) is 9.86. The highest BCUT2D eigenvalue weighted by molar-refractivity contribution is 8.02. The van der Waals surface area contributed by atoms with Crippen LogP contribution >= 0.6 is 23.1 Å². The monoisotopic (exact) mass is 485 g/mol. The van der Waals surface area contributed by atoms with Crippen molar-refractivity contribution in [2.24, 2.45) is 0 Å². The zero-order valence-electron chi connectivity index (χ0n) is 17.9. The van der Waals surface area contributed by atoms with Gasteiger partial charge in [0.05, 0.1) is 16.2 Å². The van der Waals surface area contributed by atoms with Crippen LogP contribution in [-0.4, -0.2) is 67.4 Å². The third-order valence-electron chi connectivity index (χ3n) is 4.80. The van der Waals surface area contributed by atoms with Crippen molar-refractivity contribution in [2.75, 3.05) is 37.9 Å². The molecule has 9 nitrogen and oxygen atoms in total. The van der Waals surface area contributed by atoms with Crippen molar-refractivity contribution in [3.05, 3.63) is 23.8 Å². The van der Waals surface area contributed by atoms with Crippen LogP contribution < -0.4 is 10.6 Å². The summed E-state index contributed by atoms with van der Waals surface area (Å²) < 4.78 is 32.2. The summed E-state index contributed by atoms with van der Waals surface area (Å²) in [6.07, 6.45) is 2.33. The smallest absolute Gasteiger partial charge is 0.242 e. The number of aromatic nitrogens is 2. The van der Waals surface area contributed by atoms with E-state index in [2.05, 4.69) is 20.8 Å². The highest BCUT2D eigenvalue weighted by Gasteiger charge is 2.22. The summed E-state index contributed by atoms with van der Waals surface area (Å²) in [6, 6.07) is 4.70. The van der Waals surface area contributed by atoms with Gasteiger partial charge in [0.15, 0.2) is 4.34 Å². The normalized spacial score (nSPS) is 17.6. The molecule has 0 radical (unpaired) electrons. The van der Waals surface area contributed by atoms with Crippen molar-refractivity contribution < 1.29 is 17.9 Å². The van der Waals surface area contributed by atoms with Crippen molar-refractivity contribution in [1.82, 2.24) is 14.5 Å². The number of aryl methyl sites for hydroxylation is 1. The number of hydrogen-bond acceptors (Lipinski definition) is 9. The minimum absolute atomic E-state index is 0.129. The van der Waals surface area contributed by atoms with Crippen molar-refractivity contribution >= 4 is 49.8 Å². The number of nitrogens with zero attached hydrogens (tertiary/aromatic N) is 3. The van der Waals surface area contributed by atoms with Gasteiger partial charge in [-0.15, -0.1) is 10.2 Å². The molecule has 1 aliphatic rings. The van der Waals surface area contributed by atoms with E-state index < -0.39 is 15.3 Å². The topological polar surface area (TPSA) is 114 Å². The first-order valence-corrected chi connectivity index (χ1v) is 13.0. The van der Waals surface area contributed by atoms with Crippen LogP contribution in [0.2, 0.25) is 0 Å².